The first-order valence-corrected chi connectivity index (χ1v) is 5.53. The van der Waals surface area contributed by atoms with Crippen molar-refractivity contribution in [1.82, 2.24) is 5.32 Å². The van der Waals surface area contributed by atoms with Gasteiger partial charge in [0, 0.05) is 7.05 Å². The molecule has 5 nitrogen and oxygen atoms in total. The summed E-state index contributed by atoms with van der Waals surface area (Å²) < 4.78 is 9.91. The van der Waals surface area contributed by atoms with Gasteiger partial charge < -0.3 is 14.8 Å². The predicted molar refractivity (Wildman–Crippen MR) is 70.4 cm³/mol. The van der Waals surface area contributed by atoms with E-state index in [-0.39, 0.29) is 12.0 Å². The van der Waals surface area contributed by atoms with E-state index in [4.69, 9.17) is 9.47 Å². The van der Waals surface area contributed by atoms with Gasteiger partial charge >= 0.3 is 6.08 Å². The zero-order chi connectivity index (χ0) is 13.7. The molecule has 1 aromatic rings. The molecule has 0 atom stereocenters. The molecule has 1 amide bonds. The third-order valence-corrected chi connectivity index (χ3v) is 2.47. The lowest BCUT2D eigenvalue weighted by molar-refractivity contribution is 0.0963. The number of nitrogens with zero attached hydrogens (tertiary/aromatic N) is 1. The first kappa shape index (κ1) is 14.0. The van der Waals surface area contributed by atoms with Crippen LogP contribution in [0.15, 0.2) is 17.1 Å². The summed E-state index contributed by atoms with van der Waals surface area (Å²) in [7, 11) is 4.51. The van der Waals surface area contributed by atoms with E-state index in [1.807, 2.05) is 19.9 Å². The molecule has 0 radical (unpaired) electrons. The molecular weight excluding hydrogens is 232 g/mol. The number of methoxy groups -OCH3 is 2. The van der Waals surface area contributed by atoms with Crippen LogP contribution in [-0.2, 0) is 9.47 Å². The van der Waals surface area contributed by atoms with E-state index in [1.165, 1.54) is 14.2 Å². The summed E-state index contributed by atoms with van der Waals surface area (Å²) in [6, 6.07) is 3.74. The molecule has 0 fully saturated rings. The molecular formula is C13H18N2O3. The SMILES string of the molecule is CNC(=O)c1cc(C)cc(C)c1N=C(OC)OC. The van der Waals surface area contributed by atoms with E-state index in [0.717, 1.165) is 11.1 Å². The Morgan fingerprint density at radius 2 is 1.83 bits per heavy atom. The Morgan fingerprint density at radius 1 is 1.22 bits per heavy atom. The molecule has 0 aromatic heterocycles. The van der Waals surface area contributed by atoms with Crippen molar-refractivity contribution in [3.63, 3.8) is 0 Å². The summed E-state index contributed by atoms with van der Waals surface area (Å²) in [4.78, 5) is 16.1. The van der Waals surface area contributed by atoms with Crippen molar-refractivity contribution in [3.8, 4) is 0 Å². The lowest BCUT2D eigenvalue weighted by Gasteiger charge is -2.10. The van der Waals surface area contributed by atoms with Crippen LogP contribution >= 0.6 is 0 Å². The van der Waals surface area contributed by atoms with Crippen LogP contribution in [0.2, 0.25) is 0 Å². The minimum Gasteiger partial charge on any atom is -0.454 e. The number of rotatable bonds is 2. The summed E-state index contributed by atoms with van der Waals surface area (Å²) in [5.41, 5.74) is 2.95. The topological polar surface area (TPSA) is 59.9 Å². The van der Waals surface area contributed by atoms with Gasteiger partial charge in [0.2, 0.25) is 0 Å². The molecule has 0 aliphatic carbocycles. The highest BCUT2D eigenvalue weighted by Crippen LogP contribution is 2.26. The molecule has 0 bridgehead atoms. The average Bonchev–Trinajstić information content (AvgIpc) is 2.36. The second-order valence-corrected chi connectivity index (χ2v) is 3.84. The van der Waals surface area contributed by atoms with Gasteiger partial charge in [-0.1, -0.05) is 6.07 Å². The number of ether oxygens (including phenoxy) is 2. The molecule has 0 heterocycles. The van der Waals surface area contributed by atoms with Crippen LogP contribution in [0.4, 0.5) is 5.69 Å². The van der Waals surface area contributed by atoms with Crippen molar-refractivity contribution < 1.29 is 14.3 Å². The summed E-state index contributed by atoms with van der Waals surface area (Å²) >= 11 is 0. The Morgan fingerprint density at radius 3 is 2.33 bits per heavy atom. The fourth-order valence-electron chi connectivity index (χ4n) is 1.68. The van der Waals surface area contributed by atoms with E-state index >= 15 is 0 Å². The minimum absolute atomic E-state index is 0.118. The number of benzene rings is 1. The van der Waals surface area contributed by atoms with Gasteiger partial charge in [0.05, 0.1) is 25.5 Å². The van der Waals surface area contributed by atoms with Gasteiger partial charge in [-0.3, -0.25) is 4.79 Å². The summed E-state index contributed by atoms with van der Waals surface area (Å²) in [6.45, 7) is 3.82. The van der Waals surface area contributed by atoms with Crippen LogP contribution in [-0.4, -0.2) is 33.3 Å². The van der Waals surface area contributed by atoms with Gasteiger partial charge in [-0.25, -0.2) is 0 Å². The van der Waals surface area contributed by atoms with E-state index < -0.39 is 0 Å². The van der Waals surface area contributed by atoms with E-state index in [2.05, 4.69) is 10.3 Å². The normalized spacial score (nSPS) is 9.61. The Bertz CT molecular complexity index is 475. The van der Waals surface area contributed by atoms with Crippen molar-refractivity contribution >= 4 is 17.7 Å². The molecule has 98 valence electrons. The molecule has 1 rings (SSSR count). The highest BCUT2D eigenvalue weighted by molar-refractivity contribution is 6.00. The molecule has 0 aliphatic rings. The maximum Gasteiger partial charge on any atom is 0.388 e. The zero-order valence-corrected chi connectivity index (χ0v) is 11.3. The number of aryl methyl sites for hydroxylation is 2. The molecule has 1 N–H and O–H groups in total. The van der Waals surface area contributed by atoms with Gasteiger partial charge in [0.25, 0.3) is 5.91 Å². The summed E-state index contributed by atoms with van der Waals surface area (Å²) in [5.74, 6) is -0.188. The van der Waals surface area contributed by atoms with Crippen molar-refractivity contribution in [1.29, 1.82) is 0 Å². The van der Waals surface area contributed by atoms with Crippen LogP contribution in [0.25, 0.3) is 0 Å². The smallest absolute Gasteiger partial charge is 0.388 e. The van der Waals surface area contributed by atoms with Crippen LogP contribution in [0, 0.1) is 13.8 Å². The van der Waals surface area contributed by atoms with Crippen molar-refractivity contribution in [2.75, 3.05) is 21.3 Å². The van der Waals surface area contributed by atoms with Crippen LogP contribution < -0.4 is 5.32 Å². The summed E-state index contributed by atoms with van der Waals surface area (Å²) in [5, 5.41) is 2.60. The lowest BCUT2D eigenvalue weighted by Crippen LogP contribution is -2.18. The third kappa shape index (κ3) is 3.00. The monoisotopic (exact) mass is 250 g/mol. The quantitative estimate of drug-likeness (QED) is 0.644. The van der Waals surface area contributed by atoms with Gasteiger partial charge in [0.1, 0.15) is 0 Å². The first-order chi connectivity index (χ1) is 8.53. The molecule has 0 saturated heterocycles. The Balaban J connectivity index is 3.41. The van der Waals surface area contributed by atoms with Gasteiger partial charge in [-0.15, -0.1) is 0 Å². The highest BCUT2D eigenvalue weighted by Gasteiger charge is 2.14. The van der Waals surface area contributed by atoms with Gasteiger partial charge in [0.15, 0.2) is 0 Å². The zero-order valence-electron chi connectivity index (χ0n) is 11.3. The number of carbonyl (C=O) groups is 1. The van der Waals surface area contributed by atoms with Crippen LogP contribution in [0.5, 0.6) is 0 Å². The molecule has 0 saturated carbocycles. The number of aliphatic imine (C=N–C) groups is 1. The van der Waals surface area contributed by atoms with Crippen LogP contribution in [0.1, 0.15) is 21.5 Å². The van der Waals surface area contributed by atoms with E-state index in [1.54, 1.807) is 13.1 Å². The molecule has 18 heavy (non-hydrogen) atoms. The number of amides is 1. The van der Waals surface area contributed by atoms with Gasteiger partial charge in [-0.2, -0.15) is 4.99 Å². The predicted octanol–water partition coefficient (Wildman–Crippen LogP) is 1.94. The molecule has 0 unspecified atom stereocenters. The third-order valence-electron chi connectivity index (χ3n) is 2.47. The van der Waals surface area contributed by atoms with E-state index in [9.17, 15) is 4.79 Å². The molecule has 0 spiro atoms. The molecule has 0 aliphatic heterocycles. The second kappa shape index (κ2) is 6.05. The fraction of sp³-hybridized carbons (Fsp3) is 0.385. The van der Waals surface area contributed by atoms with Crippen LogP contribution in [0.3, 0.4) is 0 Å². The Labute approximate surface area is 107 Å². The highest BCUT2D eigenvalue weighted by atomic mass is 16.7. The maximum absolute atomic E-state index is 11.8. The van der Waals surface area contributed by atoms with Gasteiger partial charge in [-0.05, 0) is 31.0 Å². The minimum atomic E-state index is -0.188. The molecule has 5 heteroatoms. The number of nitrogens with one attached hydrogen (secondary N) is 1. The van der Waals surface area contributed by atoms with E-state index in [0.29, 0.717) is 11.3 Å². The Hall–Kier alpha value is -2.04. The summed E-state index contributed by atoms with van der Waals surface area (Å²) in [6.07, 6.45) is 0.118. The average molecular weight is 250 g/mol. The first-order valence-electron chi connectivity index (χ1n) is 5.53. The molecule has 1 aromatic carbocycles. The van der Waals surface area contributed by atoms with Crippen molar-refractivity contribution in [2.45, 2.75) is 13.8 Å². The van der Waals surface area contributed by atoms with Crippen molar-refractivity contribution in [2.24, 2.45) is 4.99 Å². The fourth-order valence-corrected chi connectivity index (χ4v) is 1.68. The standard InChI is InChI=1S/C13H18N2O3/c1-8-6-9(2)11(15-13(17-4)18-5)10(7-8)12(16)14-3/h6-7H,1-5H3,(H,14,16). The lowest BCUT2D eigenvalue weighted by atomic mass is 10.0. The number of hydrogen-bond donors (Lipinski definition) is 1. The number of hydrogen-bond acceptors (Lipinski definition) is 4. The maximum atomic E-state index is 11.8. The second-order valence-electron chi connectivity index (χ2n) is 3.84. The number of carbonyl (C=O) groups excluding carboxylic acids is 1. The Kier molecular flexibility index (Phi) is 4.71. The van der Waals surface area contributed by atoms with Crippen molar-refractivity contribution in [3.05, 3.63) is 28.8 Å². The largest absolute Gasteiger partial charge is 0.454 e.